The highest BCUT2D eigenvalue weighted by Crippen LogP contribution is 2.33. The zero-order chi connectivity index (χ0) is 14.7. The molecule has 0 aromatic heterocycles. The lowest BCUT2D eigenvalue weighted by molar-refractivity contribution is 0.0933. The number of carbonyl (C=O) groups is 1. The van der Waals surface area contributed by atoms with Gasteiger partial charge < -0.3 is 14.8 Å². The molecule has 1 aromatic carbocycles. The number of halogens is 1. The van der Waals surface area contributed by atoms with Crippen molar-refractivity contribution in [2.45, 2.75) is 30.5 Å². The Kier molecular flexibility index (Phi) is 4.68. The molecule has 0 unspecified atom stereocenters. The van der Waals surface area contributed by atoms with Gasteiger partial charge in [-0.3, -0.25) is 4.79 Å². The molecule has 5 heteroatoms. The van der Waals surface area contributed by atoms with Crippen LogP contribution in [0.1, 0.15) is 36.0 Å². The molecule has 114 valence electrons. The van der Waals surface area contributed by atoms with Crippen molar-refractivity contribution in [1.82, 2.24) is 5.32 Å². The van der Waals surface area contributed by atoms with Gasteiger partial charge in [0.2, 0.25) is 0 Å². The van der Waals surface area contributed by atoms with Crippen LogP contribution in [0.3, 0.4) is 0 Å². The number of nitrogens with one attached hydrogen (secondary N) is 1. The zero-order valence-electron chi connectivity index (χ0n) is 11.9. The highest BCUT2D eigenvalue weighted by Gasteiger charge is 2.23. The quantitative estimate of drug-likeness (QED) is 0.849. The number of ether oxygens (including phenoxy) is 2. The van der Waals surface area contributed by atoms with Crippen molar-refractivity contribution in [2.24, 2.45) is 5.92 Å². The zero-order valence-corrected chi connectivity index (χ0v) is 13.5. The minimum Gasteiger partial charge on any atom is -0.486 e. The summed E-state index contributed by atoms with van der Waals surface area (Å²) >= 11 is 3.66. The SMILES string of the molecule is O=C(NCC1CCC(Br)CC1)c1cccc2c1OCCO2. The summed E-state index contributed by atoms with van der Waals surface area (Å²) < 4.78 is 11.1. The molecule has 1 N–H and O–H groups in total. The van der Waals surface area contributed by atoms with Crippen LogP contribution in [0.15, 0.2) is 18.2 Å². The smallest absolute Gasteiger partial charge is 0.255 e. The molecule has 3 rings (SSSR count). The number of hydrogen-bond donors (Lipinski definition) is 1. The third-order valence-electron chi connectivity index (χ3n) is 4.14. The van der Waals surface area contributed by atoms with Gasteiger partial charge in [0.15, 0.2) is 11.5 Å². The van der Waals surface area contributed by atoms with Crippen LogP contribution in [-0.4, -0.2) is 30.5 Å². The van der Waals surface area contributed by atoms with Crippen molar-refractivity contribution < 1.29 is 14.3 Å². The van der Waals surface area contributed by atoms with E-state index in [9.17, 15) is 4.79 Å². The highest BCUT2D eigenvalue weighted by atomic mass is 79.9. The lowest BCUT2D eigenvalue weighted by atomic mass is 9.89. The second-order valence-corrected chi connectivity index (χ2v) is 6.95. The van der Waals surface area contributed by atoms with E-state index in [0.717, 1.165) is 6.54 Å². The topological polar surface area (TPSA) is 47.6 Å². The molecule has 0 saturated heterocycles. The Balaban J connectivity index is 1.61. The molecule has 0 bridgehead atoms. The summed E-state index contributed by atoms with van der Waals surface area (Å²) in [6.45, 7) is 1.77. The van der Waals surface area contributed by atoms with E-state index in [2.05, 4.69) is 21.2 Å². The Labute approximate surface area is 133 Å². The second-order valence-electron chi connectivity index (χ2n) is 5.66. The maximum atomic E-state index is 12.4. The predicted octanol–water partition coefficient (Wildman–Crippen LogP) is 3.14. The van der Waals surface area contributed by atoms with E-state index >= 15 is 0 Å². The first-order chi connectivity index (χ1) is 10.2. The Morgan fingerprint density at radius 1 is 1.19 bits per heavy atom. The first-order valence-electron chi connectivity index (χ1n) is 7.55. The van der Waals surface area contributed by atoms with Gasteiger partial charge >= 0.3 is 0 Å². The van der Waals surface area contributed by atoms with Crippen LogP contribution in [0.4, 0.5) is 0 Å². The largest absolute Gasteiger partial charge is 0.486 e. The van der Waals surface area contributed by atoms with Crippen LogP contribution in [0.2, 0.25) is 0 Å². The van der Waals surface area contributed by atoms with Gasteiger partial charge in [-0.2, -0.15) is 0 Å². The van der Waals surface area contributed by atoms with Crippen LogP contribution in [0.25, 0.3) is 0 Å². The van der Waals surface area contributed by atoms with Gasteiger partial charge in [0.05, 0.1) is 5.56 Å². The van der Waals surface area contributed by atoms with E-state index in [4.69, 9.17) is 9.47 Å². The molecule has 4 nitrogen and oxygen atoms in total. The van der Waals surface area contributed by atoms with Gasteiger partial charge in [0, 0.05) is 11.4 Å². The summed E-state index contributed by atoms with van der Waals surface area (Å²) in [4.78, 5) is 13.0. The van der Waals surface area contributed by atoms with Crippen LogP contribution < -0.4 is 14.8 Å². The van der Waals surface area contributed by atoms with Crippen molar-refractivity contribution in [3.63, 3.8) is 0 Å². The number of rotatable bonds is 3. The molecule has 21 heavy (non-hydrogen) atoms. The standard InChI is InChI=1S/C16H20BrNO3/c17-12-6-4-11(5-7-12)10-18-16(19)13-2-1-3-14-15(13)21-9-8-20-14/h1-3,11-12H,4-10H2,(H,18,19). The predicted molar refractivity (Wildman–Crippen MR) is 84.4 cm³/mol. The summed E-state index contributed by atoms with van der Waals surface area (Å²) in [7, 11) is 0. The molecule has 1 saturated carbocycles. The van der Waals surface area contributed by atoms with Gasteiger partial charge in [0.1, 0.15) is 13.2 Å². The van der Waals surface area contributed by atoms with E-state index in [0.29, 0.717) is 41.0 Å². The van der Waals surface area contributed by atoms with Gasteiger partial charge in [-0.1, -0.05) is 22.0 Å². The number of carbonyl (C=O) groups excluding carboxylic acids is 1. The van der Waals surface area contributed by atoms with E-state index < -0.39 is 0 Å². The fourth-order valence-electron chi connectivity index (χ4n) is 2.91. The number of alkyl halides is 1. The number of fused-ring (bicyclic) bond motifs is 1. The van der Waals surface area contributed by atoms with Crippen LogP contribution in [0.5, 0.6) is 11.5 Å². The number of benzene rings is 1. The summed E-state index contributed by atoms with van der Waals surface area (Å²) in [5, 5.41) is 3.04. The highest BCUT2D eigenvalue weighted by molar-refractivity contribution is 9.09. The average molecular weight is 354 g/mol. The van der Waals surface area contributed by atoms with Crippen molar-refractivity contribution in [3.05, 3.63) is 23.8 Å². The maximum absolute atomic E-state index is 12.4. The van der Waals surface area contributed by atoms with E-state index in [1.165, 1.54) is 25.7 Å². The molecule has 1 fully saturated rings. The molecule has 1 heterocycles. The number of amides is 1. The third-order valence-corrected chi connectivity index (χ3v) is 5.05. The lowest BCUT2D eigenvalue weighted by Gasteiger charge is -2.25. The molecular weight excluding hydrogens is 334 g/mol. The average Bonchev–Trinajstić information content (AvgIpc) is 2.53. The Bertz CT molecular complexity index is 512. The minimum absolute atomic E-state index is 0.0710. The van der Waals surface area contributed by atoms with Crippen molar-refractivity contribution in [2.75, 3.05) is 19.8 Å². The van der Waals surface area contributed by atoms with E-state index in [-0.39, 0.29) is 5.91 Å². The van der Waals surface area contributed by atoms with Crippen LogP contribution in [0, 0.1) is 5.92 Å². The summed E-state index contributed by atoms with van der Waals surface area (Å²) in [6, 6.07) is 5.46. The lowest BCUT2D eigenvalue weighted by Crippen LogP contribution is -2.32. The first-order valence-corrected chi connectivity index (χ1v) is 8.46. The number of para-hydroxylation sites is 1. The molecule has 1 aromatic rings. The summed E-state index contributed by atoms with van der Waals surface area (Å²) in [5.74, 6) is 1.75. The molecule has 2 aliphatic rings. The maximum Gasteiger partial charge on any atom is 0.255 e. The van der Waals surface area contributed by atoms with Crippen molar-refractivity contribution >= 4 is 21.8 Å². The second kappa shape index (κ2) is 6.69. The Morgan fingerprint density at radius 3 is 2.76 bits per heavy atom. The number of hydrogen-bond acceptors (Lipinski definition) is 3. The summed E-state index contributed by atoms with van der Waals surface area (Å²) in [6.07, 6.45) is 4.72. The monoisotopic (exact) mass is 353 g/mol. The van der Waals surface area contributed by atoms with Gasteiger partial charge in [-0.25, -0.2) is 0 Å². The van der Waals surface area contributed by atoms with Gasteiger partial charge in [-0.15, -0.1) is 0 Å². The van der Waals surface area contributed by atoms with Crippen LogP contribution in [-0.2, 0) is 0 Å². The van der Waals surface area contributed by atoms with E-state index in [1.807, 2.05) is 12.1 Å². The Hall–Kier alpha value is -1.23. The van der Waals surface area contributed by atoms with Crippen LogP contribution >= 0.6 is 15.9 Å². The fourth-order valence-corrected chi connectivity index (χ4v) is 3.44. The molecule has 1 aliphatic carbocycles. The molecular formula is C16H20BrNO3. The third kappa shape index (κ3) is 3.51. The van der Waals surface area contributed by atoms with Crippen molar-refractivity contribution in [3.8, 4) is 11.5 Å². The molecule has 0 spiro atoms. The molecule has 1 amide bonds. The molecule has 0 atom stereocenters. The molecule has 1 aliphatic heterocycles. The van der Waals surface area contributed by atoms with Gasteiger partial charge in [-0.05, 0) is 43.7 Å². The van der Waals surface area contributed by atoms with Gasteiger partial charge in [0.25, 0.3) is 5.91 Å². The molecule has 0 radical (unpaired) electrons. The summed E-state index contributed by atoms with van der Waals surface area (Å²) in [5.41, 5.74) is 0.571. The normalized spacial score (nSPS) is 24.4. The first kappa shape index (κ1) is 14.7. The fraction of sp³-hybridized carbons (Fsp3) is 0.562. The van der Waals surface area contributed by atoms with Crippen molar-refractivity contribution in [1.29, 1.82) is 0 Å². The minimum atomic E-state index is -0.0710. The van der Waals surface area contributed by atoms with E-state index in [1.54, 1.807) is 6.07 Å². The Morgan fingerprint density at radius 2 is 1.95 bits per heavy atom.